The molecule has 5 nitrogen and oxygen atoms in total. The van der Waals surface area contributed by atoms with Crippen molar-refractivity contribution in [2.45, 2.75) is 6.92 Å². The van der Waals surface area contributed by atoms with Crippen molar-refractivity contribution in [2.24, 2.45) is 5.10 Å². The van der Waals surface area contributed by atoms with Crippen LogP contribution in [0.15, 0.2) is 10.5 Å². The fourth-order valence-corrected chi connectivity index (χ4v) is 1.51. The summed E-state index contributed by atoms with van der Waals surface area (Å²) in [5, 5.41) is 6.05. The molecule has 1 rings (SSSR count). The van der Waals surface area contributed by atoms with Crippen LogP contribution in [-0.2, 0) is 10.0 Å². The van der Waals surface area contributed by atoms with Crippen molar-refractivity contribution >= 4 is 27.6 Å². The van der Waals surface area contributed by atoms with E-state index in [1.54, 1.807) is 0 Å². The fourth-order valence-electron chi connectivity index (χ4n) is 0.609. The third-order valence-electron chi connectivity index (χ3n) is 1.03. The normalized spacial score (nSPS) is 12.2. The first kappa shape index (κ1) is 10.1. The van der Waals surface area contributed by atoms with Gasteiger partial charge in [-0.3, -0.25) is 0 Å². The van der Waals surface area contributed by atoms with E-state index in [1.807, 2.05) is 17.1 Å². The lowest BCUT2D eigenvalue weighted by molar-refractivity contribution is 0.591. The Morgan fingerprint density at radius 1 is 1.69 bits per heavy atom. The number of rotatable bonds is 3. The van der Waals surface area contributed by atoms with Crippen LogP contribution in [-0.4, -0.2) is 25.9 Å². The Bertz CT molecular complexity index is 407. The Hall–Kier alpha value is -0.950. The van der Waals surface area contributed by atoms with Crippen LogP contribution in [0.4, 0.5) is 0 Å². The van der Waals surface area contributed by atoms with Gasteiger partial charge < -0.3 is 0 Å². The number of hydrogen-bond acceptors (Lipinski definition) is 5. The molecule has 0 spiro atoms. The zero-order valence-electron chi connectivity index (χ0n) is 7.18. The van der Waals surface area contributed by atoms with Crippen LogP contribution in [0.2, 0.25) is 0 Å². The molecule has 0 aliphatic carbocycles. The van der Waals surface area contributed by atoms with Gasteiger partial charge in [0.1, 0.15) is 5.01 Å². The van der Waals surface area contributed by atoms with Gasteiger partial charge in [0.2, 0.25) is 10.0 Å². The molecule has 13 heavy (non-hydrogen) atoms. The first-order valence-electron chi connectivity index (χ1n) is 3.39. The third kappa shape index (κ3) is 4.00. The highest BCUT2D eigenvalue weighted by Crippen LogP contribution is 2.05. The molecule has 0 saturated heterocycles. The number of hydrazone groups is 1. The average Bonchev–Trinajstić information content (AvgIpc) is 2.33. The SMILES string of the molecule is Cc1csc(/C=N/NS(C)(=O)=O)n1. The van der Waals surface area contributed by atoms with Gasteiger partial charge in [-0.2, -0.15) is 5.10 Å². The van der Waals surface area contributed by atoms with Crippen molar-refractivity contribution < 1.29 is 8.42 Å². The topological polar surface area (TPSA) is 71.4 Å². The average molecular weight is 219 g/mol. The van der Waals surface area contributed by atoms with Gasteiger partial charge in [-0.25, -0.2) is 18.2 Å². The van der Waals surface area contributed by atoms with E-state index in [-0.39, 0.29) is 0 Å². The van der Waals surface area contributed by atoms with Gasteiger partial charge in [-0.05, 0) is 6.92 Å². The number of aryl methyl sites for hydroxylation is 1. The molecule has 0 atom stereocenters. The summed E-state index contributed by atoms with van der Waals surface area (Å²) in [5.74, 6) is 0. The van der Waals surface area contributed by atoms with Gasteiger partial charge >= 0.3 is 0 Å². The molecular formula is C6H9N3O2S2. The highest BCUT2D eigenvalue weighted by atomic mass is 32.2. The van der Waals surface area contributed by atoms with E-state index in [4.69, 9.17) is 0 Å². The van der Waals surface area contributed by atoms with Gasteiger partial charge in [0.25, 0.3) is 0 Å². The number of hydrogen-bond donors (Lipinski definition) is 1. The van der Waals surface area contributed by atoms with Crippen LogP contribution in [0, 0.1) is 6.92 Å². The first-order valence-corrected chi connectivity index (χ1v) is 6.16. The molecule has 0 fully saturated rings. The summed E-state index contributed by atoms with van der Waals surface area (Å²) in [6.07, 6.45) is 2.41. The molecule has 0 aromatic carbocycles. The van der Waals surface area contributed by atoms with Crippen molar-refractivity contribution in [3.05, 3.63) is 16.1 Å². The van der Waals surface area contributed by atoms with Crippen LogP contribution < -0.4 is 4.83 Å². The number of thiazole rings is 1. The lowest BCUT2D eigenvalue weighted by Crippen LogP contribution is -2.15. The molecule has 0 radical (unpaired) electrons. The van der Waals surface area contributed by atoms with Gasteiger partial charge in [0.15, 0.2) is 0 Å². The largest absolute Gasteiger partial charge is 0.244 e. The van der Waals surface area contributed by atoms with Gasteiger partial charge in [0, 0.05) is 11.1 Å². The maximum absolute atomic E-state index is 10.6. The summed E-state index contributed by atoms with van der Waals surface area (Å²) in [6.45, 7) is 1.86. The lowest BCUT2D eigenvalue weighted by Gasteiger charge is -1.91. The van der Waals surface area contributed by atoms with E-state index in [0.29, 0.717) is 5.01 Å². The van der Waals surface area contributed by atoms with Crippen molar-refractivity contribution in [3.63, 3.8) is 0 Å². The number of nitrogens with one attached hydrogen (secondary N) is 1. The Labute approximate surface area is 80.6 Å². The number of nitrogens with zero attached hydrogens (tertiary/aromatic N) is 2. The number of aromatic nitrogens is 1. The fraction of sp³-hybridized carbons (Fsp3) is 0.333. The Morgan fingerprint density at radius 3 is 2.85 bits per heavy atom. The van der Waals surface area contributed by atoms with Gasteiger partial charge in [0.05, 0.1) is 12.5 Å². The molecule has 0 bridgehead atoms. The molecule has 7 heteroatoms. The quantitative estimate of drug-likeness (QED) is 0.588. The molecule has 0 aliphatic rings. The Kier molecular flexibility index (Phi) is 2.99. The summed E-state index contributed by atoms with van der Waals surface area (Å²) >= 11 is 1.40. The molecule has 1 aromatic rings. The van der Waals surface area contributed by atoms with E-state index in [1.165, 1.54) is 17.6 Å². The first-order chi connectivity index (χ1) is 5.97. The minimum Gasteiger partial charge on any atom is -0.240 e. The van der Waals surface area contributed by atoms with Gasteiger partial charge in [-0.15, -0.1) is 11.3 Å². The second kappa shape index (κ2) is 3.84. The second-order valence-electron chi connectivity index (χ2n) is 2.45. The summed E-state index contributed by atoms with van der Waals surface area (Å²) in [6, 6.07) is 0. The molecule has 0 unspecified atom stereocenters. The highest BCUT2D eigenvalue weighted by Gasteiger charge is 1.96. The standard InChI is InChI=1S/C6H9N3O2S2/c1-5-4-12-6(8-5)3-7-9-13(2,10)11/h3-4,9H,1-2H3/b7-3+. The van der Waals surface area contributed by atoms with E-state index in [9.17, 15) is 8.42 Å². The molecule has 72 valence electrons. The minimum atomic E-state index is -3.26. The second-order valence-corrected chi connectivity index (χ2v) is 5.07. The van der Waals surface area contributed by atoms with Crippen LogP contribution in [0.25, 0.3) is 0 Å². The Balaban J connectivity index is 2.60. The number of sulfonamides is 1. The maximum atomic E-state index is 10.6. The monoisotopic (exact) mass is 219 g/mol. The molecular weight excluding hydrogens is 210 g/mol. The van der Waals surface area contributed by atoms with Crippen molar-refractivity contribution in [3.8, 4) is 0 Å². The molecule has 0 amide bonds. The van der Waals surface area contributed by atoms with Crippen LogP contribution in [0.1, 0.15) is 10.7 Å². The summed E-state index contributed by atoms with van der Waals surface area (Å²) < 4.78 is 21.2. The molecule has 1 aromatic heterocycles. The zero-order valence-corrected chi connectivity index (χ0v) is 8.82. The maximum Gasteiger partial charge on any atom is 0.244 e. The van der Waals surface area contributed by atoms with E-state index in [0.717, 1.165) is 11.9 Å². The van der Waals surface area contributed by atoms with Gasteiger partial charge in [-0.1, -0.05) is 0 Å². The highest BCUT2D eigenvalue weighted by molar-refractivity contribution is 7.88. The lowest BCUT2D eigenvalue weighted by atomic mass is 10.6. The van der Waals surface area contributed by atoms with Crippen LogP contribution in [0.3, 0.4) is 0 Å². The van der Waals surface area contributed by atoms with Crippen LogP contribution >= 0.6 is 11.3 Å². The predicted octanol–water partition coefficient (Wildman–Crippen LogP) is 0.335. The van der Waals surface area contributed by atoms with E-state index >= 15 is 0 Å². The Morgan fingerprint density at radius 2 is 2.38 bits per heavy atom. The summed E-state index contributed by atoms with van der Waals surface area (Å²) in [4.78, 5) is 6.05. The molecule has 1 N–H and O–H groups in total. The summed E-state index contributed by atoms with van der Waals surface area (Å²) in [7, 11) is -3.26. The van der Waals surface area contributed by atoms with Crippen molar-refractivity contribution in [1.82, 2.24) is 9.82 Å². The predicted molar refractivity (Wildman–Crippen MR) is 52.4 cm³/mol. The minimum absolute atomic E-state index is 0.675. The zero-order chi connectivity index (χ0) is 9.90. The van der Waals surface area contributed by atoms with E-state index in [2.05, 4.69) is 10.1 Å². The van der Waals surface area contributed by atoms with Crippen molar-refractivity contribution in [2.75, 3.05) is 6.26 Å². The smallest absolute Gasteiger partial charge is 0.240 e. The van der Waals surface area contributed by atoms with Crippen molar-refractivity contribution in [1.29, 1.82) is 0 Å². The van der Waals surface area contributed by atoms with Crippen LogP contribution in [0.5, 0.6) is 0 Å². The third-order valence-corrected chi connectivity index (χ3v) is 2.36. The van der Waals surface area contributed by atoms with E-state index < -0.39 is 10.0 Å². The molecule has 1 heterocycles. The summed E-state index contributed by atoms with van der Waals surface area (Å²) in [5.41, 5.74) is 0.894. The molecule has 0 saturated carbocycles. The molecule has 0 aliphatic heterocycles.